The van der Waals surface area contributed by atoms with Crippen molar-refractivity contribution in [2.45, 2.75) is 37.1 Å². The van der Waals surface area contributed by atoms with Crippen LogP contribution in [0.15, 0.2) is 17.0 Å². The van der Waals surface area contributed by atoms with Gasteiger partial charge >= 0.3 is 0 Å². The van der Waals surface area contributed by atoms with Crippen LogP contribution in [0.5, 0.6) is 0 Å². The number of hydrogen-bond acceptors (Lipinski definition) is 3. The largest absolute Gasteiger partial charge is 0.329 e. The number of rotatable bonds is 3. The summed E-state index contributed by atoms with van der Waals surface area (Å²) in [6, 6.07) is 1.34. The minimum atomic E-state index is -3.98. The van der Waals surface area contributed by atoms with E-state index in [1.165, 1.54) is 11.2 Å². The molecule has 2 N–H and O–H groups in total. The smallest absolute Gasteiger partial charge is 0.246 e. The van der Waals surface area contributed by atoms with Crippen LogP contribution in [0.1, 0.15) is 24.8 Å². The zero-order valence-electron chi connectivity index (χ0n) is 11.3. The molecular weight excluding hydrogens is 286 g/mol. The first kappa shape index (κ1) is 15.3. The summed E-state index contributed by atoms with van der Waals surface area (Å²) >= 11 is 0. The predicted molar refractivity (Wildman–Crippen MR) is 71.7 cm³/mol. The van der Waals surface area contributed by atoms with Gasteiger partial charge in [0.1, 0.15) is 16.5 Å². The molecule has 2 rings (SSSR count). The maximum atomic E-state index is 13.8. The minimum Gasteiger partial charge on any atom is -0.329 e. The van der Waals surface area contributed by atoms with Crippen molar-refractivity contribution in [3.8, 4) is 0 Å². The van der Waals surface area contributed by atoms with Crippen LogP contribution in [0.2, 0.25) is 0 Å². The van der Waals surface area contributed by atoms with Crippen molar-refractivity contribution in [2.24, 2.45) is 5.73 Å². The molecule has 1 aliphatic rings. The van der Waals surface area contributed by atoms with Gasteiger partial charge in [-0.3, -0.25) is 0 Å². The minimum absolute atomic E-state index is 0.103. The molecule has 7 heteroatoms. The van der Waals surface area contributed by atoms with E-state index in [1.807, 2.05) is 0 Å². The van der Waals surface area contributed by atoms with Gasteiger partial charge in [0.05, 0.1) is 0 Å². The van der Waals surface area contributed by atoms with Crippen LogP contribution in [-0.4, -0.2) is 31.9 Å². The first-order chi connectivity index (χ1) is 9.37. The van der Waals surface area contributed by atoms with Gasteiger partial charge in [0.25, 0.3) is 0 Å². The molecule has 0 saturated carbocycles. The summed E-state index contributed by atoms with van der Waals surface area (Å²) in [7, 11) is -3.98. The second-order valence-corrected chi connectivity index (χ2v) is 6.89. The topological polar surface area (TPSA) is 63.4 Å². The highest BCUT2D eigenvalue weighted by atomic mass is 32.2. The van der Waals surface area contributed by atoms with Gasteiger partial charge in [-0.2, -0.15) is 4.31 Å². The van der Waals surface area contributed by atoms with Crippen LogP contribution in [-0.2, 0) is 10.0 Å². The first-order valence-electron chi connectivity index (χ1n) is 6.55. The third kappa shape index (κ3) is 2.70. The van der Waals surface area contributed by atoms with Crippen molar-refractivity contribution in [3.05, 3.63) is 29.3 Å². The Morgan fingerprint density at radius 3 is 2.65 bits per heavy atom. The Morgan fingerprint density at radius 1 is 1.30 bits per heavy atom. The van der Waals surface area contributed by atoms with Gasteiger partial charge < -0.3 is 5.73 Å². The zero-order valence-corrected chi connectivity index (χ0v) is 12.1. The maximum absolute atomic E-state index is 13.8. The van der Waals surface area contributed by atoms with Gasteiger partial charge in [-0.05, 0) is 31.4 Å². The van der Waals surface area contributed by atoms with Crippen LogP contribution in [0.4, 0.5) is 8.78 Å². The molecule has 112 valence electrons. The van der Waals surface area contributed by atoms with Gasteiger partial charge in [-0.25, -0.2) is 17.2 Å². The predicted octanol–water partition coefficient (Wildman–Crippen LogP) is 1.78. The van der Waals surface area contributed by atoms with Gasteiger partial charge in [0.2, 0.25) is 10.0 Å². The van der Waals surface area contributed by atoms with Crippen molar-refractivity contribution < 1.29 is 17.2 Å². The number of nitrogens with two attached hydrogens (primary N) is 1. The Labute approximate surface area is 117 Å². The first-order valence-corrected chi connectivity index (χ1v) is 7.99. The van der Waals surface area contributed by atoms with E-state index < -0.39 is 26.6 Å². The Kier molecular flexibility index (Phi) is 4.41. The lowest BCUT2D eigenvalue weighted by Gasteiger charge is -2.34. The summed E-state index contributed by atoms with van der Waals surface area (Å²) < 4.78 is 53.4. The average Bonchev–Trinajstić information content (AvgIpc) is 2.42. The van der Waals surface area contributed by atoms with E-state index >= 15 is 0 Å². The highest BCUT2D eigenvalue weighted by Crippen LogP contribution is 2.27. The Balaban J connectivity index is 2.46. The lowest BCUT2D eigenvalue weighted by atomic mass is 10.1. The van der Waals surface area contributed by atoms with E-state index in [0.717, 1.165) is 18.9 Å². The Hall–Kier alpha value is -1.05. The van der Waals surface area contributed by atoms with E-state index in [4.69, 9.17) is 5.73 Å². The highest BCUT2D eigenvalue weighted by molar-refractivity contribution is 7.89. The monoisotopic (exact) mass is 304 g/mol. The molecule has 1 heterocycles. The van der Waals surface area contributed by atoms with Crippen molar-refractivity contribution in [1.29, 1.82) is 0 Å². The van der Waals surface area contributed by atoms with Crippen LogP contribution < -0.4 is 5.73 Å². The normalized spacial score (nSPS) is 21.1. The van der Waals surface area contributed by atoms with E-state index in [2.05, 4.69) is 0 Å². The van der Waals surface area contributed by atoms with Crippen LogP contribution in [0.25, 0.3) is 0 Å². The van der Waals surface area contributed by atoms with E-state index in [1.54, 1.807) is 0 Å². The molecule has 20 heavy (non-hydrogen) atoms. The summed E-state index contributed by atoms with van der Waals surface area (Å²) in [4.78, 5) is -0.475. The molecule has 1 aromatic carbocycles. The fourth-order valence-electron chi connectivity index (χ4n) is 2.48. The Bertz CT molecular complexity index is 605. The van der Waals surface area contributed by atoms with Crippen LogP contribution in [0.3, 0.4) is 0 Å². The molecule has 0 spiro atoms. The number of benzene rings is 1. The van der Waals surface area contributed by atoms with Gasteiger partial charge in [-0.1, -0.05) is 6.42 Å². The number of nitrogens with zero attached hydrogens (tertiary/aromatic N) is 1. The zero-order chi connectivity index (χ0) is 14.9. The molecule has 1 aliphatic heterocycles. The number of hydrogen-bond donors (Lipinski definition) is 1. The summed E-state index contributed by atoms with van der Waals surface area (Å²) in [5.41, 5.74) is 5.70. The van der Waals surface area contributed by atoms with Gasteiger partial charge in [0, 0.05) is 25.2 Å². The molecule has 0 aliphatic carbocycles. The summed E-state index contributed by atoms with van der Waals surface area (Å²) in [5, 5.41) is 0. The van der Waals surface area contributed by atoms with E-state index in [0.29, 0.717) is 19.0 Å². The number of sulfonamides is 1. The summed E-state index contributed by atoms with van der Waals surface area (Å²) in [5.74, 6) is -1.81. The highest BCUT2D eigenvalue weighted by Gasteiger charge is 2.34. The Morgan fingerprint density at radius 2 is 2.00 bits per heavy atom. The summed E-state index contributed by atoms with van der Waals surface area (Å²) in [6.07, 6.45) is 2.29. The molecular formula is C13H18F2N2O2S. The molecule has 0 aromatic heterocycles. The quantitative estimate of drug-likeness (QED) is 0.926. The molecule has 1 atom stereocenters. The number of aryl methyl sites for hydroxylation is 1. The van der Waals surface area contributed by atoms with E-state index in [-0.39, 0.29) is 18.2 Å². The molecule has 0 bridgehead atoms. The molecule has 0 radical (unpaired) electrons. The standard InChI is InChI=1S/C13H18F2N2O2S/c1-9-6-13(12(15)7-11(9)14)20(18,19)17-5-3-2-4-10(17)8-16/h6-7,10H,2-5,8,16H2,1H3/t10-/m0/s1. The molecule has 4 nitrogen and oxygen atoms in total. The SMILES string of the molecule is Cc1cc(S(=O)(=O)N2CCCC[C@H]2CN)c(F)cc1F. The fraction of sp³-hybridized carbons (Fsp3) is 0.538. The van der Waals surface area contributed by atoms with E-state index in [9.17, 15) is 17.2 Å². The van der Waals surface area contributed by atoms with Gasteiger partial charge in [0.15, 0.2) is 0 Å². The average molecular weight is 304 g/mol. The summed E-state index contributed by atoms with van der Waals surface area (Å²) in [6.45, 7) is 1.92. The second kappa shape index (κ2) is 5.75. The number of piperidine rings is 1. The van der Waals surface area contributed by atoms with Gasteiger partial charge in [-0.15, -0.1) is 0 Å². The third-order valence-corrected chi connectivity index (χ3v) is 5.61. The van der Waals surface area contributed by atoms with Crippen LogP contribution in [0, 0.1) is 18.6 Å². The lowest BCUT2D eigenvalue weighted by Crippen LogP contribution is -2.47. The van der Waals surface area contributed by atoms with Crippen LogP contribution >= 0.6 is 0 Å². The molecule has 1 fully saturated rings. The van der Waals surface area contributed by atoms with Crippen molar-refractivity contribution in [2.75, 3.05) is 13.1 Å². The molecule has 0 unspecified atom stereocenters. The maximum Gasteiger partial charge on any atom is 0.246 e. The number of halogens is 2. The van der Waals surface area contributed by atoms with Crippen molar-refractivity contribution in [1.82, 2.24) is 4.31 Å². The fourth-order valence-corrected chi connectivity index (χ4v) is 4.32. The third-order valence-electron chi connectivity index (χ3n) is 3.64. The molecule has 0 amide bonds. The van der Waals surface area contributed by atoms with Crippen molar-refractivity contribution >= 4 is 10.0 Å². The lowest BCUT2D eigenvalue weighted by molar-refractivity contribution is 0.257. The molecule has 1 saturated heterocycles. The van der Waals surface area contributed by atoms with Crippen molar-refractivity contribution in [3.63, 3.8) is 0 Å². The second-order valence-electron chi connectivity index (χ2n) is 5.03. The molecule has 1 aromatic rings.